The molecule has 414 valence electrons. The van der Waals surface area contributed by atoms with Crippen molar-refractivity contribution in [3.63, 3.8) is 0 Å². The molecule has 2 N–H and O–H groups in total. The largest absolute Gasteiger partial charge is 0.497 e. The highest BCUT2D eigenvalue weighted by Crippen LogP contribution is 2.57. The maximum atomic E-state index is 8.74. The van der Waals surface area contributed by atoms with Crippen LogP contribution in [0.2, 0.25) is 0 Å². The lowest BCUT2D eigenvalue weighted by molar-refractivity contribution is 0.412. The van der Waals surface area contributed by atoms with Crippen molar-refractivity contribution in [1.29, 1.82) is 0 Å². The maximum absolute atomic E-state index is 8.74. The second-order valence-electron chi connectivity index (χ2n) is 22.2. The lowest BCUT2D eigenvalue weighted by Crippen LogP contribution is -2.29. The van der Waals surface area contributed by atoms with Crippen molar-refractivity contribution in [3.05, 3.63) is 239 Å². The fourth-order valence-corrected chi connectivity index (χ4v) is 17.3. The Labute approximate surface area is 500 Å². The predicted molar refractivity (Wildman–Crippen MR) is 361 cm³/mol. The minimum absolute atomic E-state index is 0.122. The Hall–Kier alpha value is -7.40. The van der Waals surface area contributed by atoms with Crippen LogP contribution in [0.5, 0.6) is 11.5 Å². The summed E-state index contributed by atoms with van der Waals surface area (Å²) < 4.78 is 11.8. The first-order valence-corrected chi connectivity index (χ1v) is 31.8. The summed E-state index contributed by atoms with van der Waals surface area (Å²) in [6.45, 7) is 4.38. The lowest BCUT2D eigenvalue weighted by atomic mass is 9.80. The van der Waals surface area contributed by atoms with Crippen LogP contribution in [0, 0.1) is 19.9 Å². The van der Waals surface area contributed by atoms with Crippen LogP contribution in [0.1, 0.15) is 86.5 Å². The molecule has 7 heteroatoms. The Balaban J connectivity index is 0.000000121. The van der Waals surface area contributed by atoms with Gasteiger partial charge in [-0.25, -0.2) is 0 Å². The number of benzene rings is 11. The Kier molecular flexibility index (Phi) is 18.6. The van der Waals surface area contributed by atoms with E-state index in [1.807, 2.05) is 13.2 Å². The van der Waals surface area contributed by atoms with Crippen LogP contribution >= 0.6 is 23.9 Å². The van der Waals surface area contributed by atoms with Gasteiger partial charge < -0.3 is 19.5 Å². The molecule has 3 aliphatic carbocycles. The molecule has 14 rings (SSSR count). The molecule has 0 spiro atoms. The smallest absolute Gasteiger partial charge is 0.488 e. The average molecular weight is 1170 g/mol. The number of rotatable bonds is 8. The molecular weight excluding hydrogens is 1100 g/mol. The molecule has 0 saturated heterocycles. The zero-order valence-corrected chi connectivity index (χ0v) is 50.6. The van der Waals surface area contributed by atoms with E-state index in [4.69, 9.17) is 19.5 Å². The monoisotopic (exact) mass is 1170 g/mol. The zero-order chi connectivity index (χ0) is 57.2. The van der Waals surface area contributed by atoms with Crippen LogP contribution in [-0.4, -0.2) is 42.7 Å². The second-order valence-corrected chi connectivity index (χ2v) is 25.9. The van der Waals surface area contributed by atoms with Gasteiger partial charge in [0.05, 0.1) is 20.3 Å². The summed E-state index contributed by atoms with van der Waals surface area (Å²) >= 11 is 3.57. The molecule has 0 bridgehead atoms. The standard InChI is InChI=1S/C26H35OP.C25H18.C18H10Br.C7H9BO3/c1-20-12-11-18-24(27-2)26(20)23-17-9-10-19-25(23)28(21-13-5-3-6-14-21)22-15-7-4-8-16-22;1-17-7-6-8-18(15-17)19-13-14-24-22-11-3-2-9-20(22)21-10-4-5-12-23(21)25(24)16-19;19-12-9-10-17-15-7-2-1-5-13(15)14-6-3-4-8-16(14)18(17)11-12;1-11-7-4-2-3-6(5-7)8(9)10/h9-12,17-19,21-22H,3-8,13-16H2,1-2H3;2-16H,1H3;1-3,5-11H;2-5,9-10H,1H3/q;;+1;. The summed E-state index contributed by atoms with van der Waals surface area (Å²) in [6.07, 6.45) is 23.8. The van der Waals surface area contributed by atoms with Crippen LogP contribution in [-0.2, 0) is 0 Å². The number of allylic oxidation sites excluding steroid dienone is 2. The van der Waals surface area contributed by atoms with E-state index in [9.17, 15) is 0 Å². The third-order valence-electron chi connectivity index (χ3n) is 17.0. The molecule has 0 amide bonds. The van der Waals surface area contributed by atoms with Gasteiger partial charge in [0.2, 0.25) is 0 Å². The van der Waals surface area contributed by atoms with Gasteiger partial charge in [0.15, 0.2) is 0 Å². The number of ether oxygens (including phenoxy) is 2. The van der Waals surface area contributed by atoms with Crippen molar-refractivity contribution < 1.29 is 19.5 Å². The normalized spacial score (nSPS) is 14.0. The van der Waals surface area contributed by atoms with Crippen LogP contribution < -0.4 is 20.2 Å². The van der Waals surface area contributed by atoms with Crippen LogP contribution in [0.25, 0.3) is 88.3 Å². The van der Waals surface area contributed by atoms with E-state index in [-0.39, 0.29) is 7.92 Å². The van der Waals surface area contributed by atoms with E-state index in [1.54, 1.807) is 29.6 Å². The van der Waals surface area contributed by atoms with Crippen molar-refractivity contribution in [1.82, 2.24) is 0 Å². The fourth-order valence-electron chi connectivity index (χ4n) is 13.0. The van der Waals surface area contributed by atoms with E-state index >= 15 is 0 Å². The van der Waals surface area contributed by atoms with Gasteiger partial charge in [-0.2, -0.15) is 0 Å². The van der Waals surface area contributed by atoms with Gasteiger partial charge in [-0.1, -0.05) is 232 Å². The number of halogens is 1. The number of fused-ring (bicyclic) bond motifs is 12. The molecule has 4 nitrogen and oxygen atoms in total. The molecule has 0 aromatic heterocycles. The molecule has 83 heavy (non-hydrogen) atoms. The number of hydrogen-bond donors (Lipinski definition) is 2. The highest BCUT2D eigenvalue weighted by Gasteiger charge is 2.34. The van der Waals surface area contributed by atoms with Crippen molar-refractivity contribution in [2.75, 3.05) is 14.2 Å². The van der Waals surface area contributed by atoms with Gasteiger partial charge in [0.25, 0.3) is 0 Å². The molecule has 0 atom stereocenters. The van der Waals surface area contributed by atoms with Crippen molar-refractivity contribution in [3.8, 4) is 33.8 Å². The molecule has 0 aliphatic heterocycles. The summed E-state index contributed by atoms with van der Waals surface area (Å²) in [7, 11) is 1.79. The number of methoxy groups -OCH3 is 2. The van der Waals surface area contributed by atoms with E-state index in [1.165, 1.54) is 170 Å². The van der Waals surface area contributed by atoms with Gasteiger partial charge in [0, 0.05) is 32.3 Å². The van der Waals surface area contributed by atoms with Crippen LogP contribution in [0.4, 0.5) is 0 Å². The molecule has 0 radical (unpaired) electrons. The number of hydrogen-bond acceptors (Lipinski definition) is 4. The number of aryl methyl sites for hydroxylation is 2. The van der Waals surface area contributed by atoms with Crippen molar-refractivity contribution in [2.45, 2.75) is 89.4 Å². The fraction of sp³-hybridized carbons (Fsp3) is 0.211. The van der Waals surface area contributed by atoms with Crippen molar-refractivity contribution in [2.24, 2.45) is 0 Å². The zero-order valence-electron chi connectivity index (χ0n) is 48.1. The first-order valence-electron chi connectivity index (χ1n) is 29.5. The van der Waals surface area contributed by atoms with Gasteiger partial charge >= 0.3 is 7.12 Å². The molecule has 0 heterocycles. The molecule has 11 aromatic rings. The topological polar surface area (TPSA) is 58.9 Å². The van der Waals surface area contributed by atoms with Gasteiger partial charge in [-0.15, -0.1) is 0 Å². The summed E-state index contributed by atoms with van der Waals surface area (Å²) in [5, 5.41) is 32.3. The highest BCUT2D eigenvalue weighted by molar-refractivity contribution is 9.10. The Morgan fingerprint density at radius 2 is 1.04 bits per heavy atom. The Morgan fingerprint density at radius 3 is 1.67 bits per heavy atom. The SMILES string of the molecule is Brc1ccc2c(c1)c1c(c3ccccc32)C=C[C+]=C1.COc1cccc(B(O)O)c1.COc1cccc(C)c1-c1ccccc1P(C1CCCCC1)C1CCCCC1.Cc1cccc(-c2ccc3c4ccccc4c4ccccc4c3c2)c1. The van der Waals surface area contributed by atoms with Gasteiger partial charge in [-0.05, 0) is 158 Å². The van der Waals surface area contributed by atoms with Gasteiger partial charge in [-0.3, -0.25) is 0 Å². The summed E-state index contributed by atoms with van der Waals surface area (Å²) in [5.74, 6) is 1.64. The van der Waals surface area contributed by atoms with E-state index in [2.05, 4.69) is 224 Å². The quantitative estimate of drug-likeness (QED) is 0.0689. The summed E-state index contributed by atoms with van der Waals surface area (Å²) in [5.41, 5.74) is 12.8. The van der Waals surface area contributed by atoms with E-state index < -0.39 is 7.12 Å². The molecule has 3 aliphatic rings. The third-order valence-corrected chi connectivity index (χ3v) is 21.0. The van der Waals surface area contributed by atoms with Crippen molar-refractivity contribution >= 4 is 108 Å². The predicted octanol–water partition coefficient (Wildman–Crippen LogP) is 19.5. The van der Waals surface area contributed by atoms with E-state index in [0.717, 1.165) is 21.5 Å². The third kappa shape index (κ3) is 12.8. The molecule has 2 fully saturated rings. The van der Waals surface area contributed by atoms with Crippen LogP contribution in [0.15, 0.2) is 211 Å². The van der Waals surface area contributed by atoms with Gasteiger partial charge in [0.1, 0.15) is 34.8 Å². The minimum Gasteiger partial charge on any atom is -0.497 e. The second kappa shape index (κ2) is 26.9. The molecule has 0 unspecified atom stereocenters. The molecule has 2 saturated carbocycles. The Bertz CT molecular complexity index is 4080. The van der Waals surface area contributed by atoms with E-state index in [0.29, 0.717) is 11.2 Å². The average Bonchev–Trinajstić information content (AvgIpc) is 3.68. The molecular formula is C76H72BBrO4P+. The maximum Gasteiger partial charge on any atom is 0.488 e. The Morgan fingerprint density at radius 1 is 0.482 bits per heavy atom. The lowest BCUT2D eigenvalue weighted by Gasteiger charge is -2.39. The molecule has 11 aromatic carbocycles. The first-order chi connectivity index (χ1) is 40.7. The van der Waals surface area contributed by atoms with Crippen LogP contribution in [0.3, 0.4) is 0 Å². The summed E-state index contributed by atoms with van der Waals surface area (Å²) in [4.78, 5) is 0. The highest BCUT2D eigenvalue weighted by atomic mass is 79.9. The minimum atomic E-state index is -1.43. The summed E-state index contributed by atoms with van der Waals surface area (Å²) in [6, 6.07) is 70.6. The first kappa shape index (κ1) is 57.4.